The highest BCUT2D eigenvalue weighted by Gasteiger charge is 2.32. The number of benzene rings is 2. The number of carbonyl (C=O) groups is 2. The second kappa shape index (κ2) is 14.6. The van der Waals surface area contributed by atoms with Crippen LogP contribution in [0.15, 0.2) is 42.5 Å². The minimum absolute atomic E-state index is 0.0620. The number of halogens is 2. The lowest BCUT2D eigenvalue weighted by atomic mass is 9.88. The van der Waals surface area contributed by atoms with E-state index in [0.717, 1.165) is 56.6 Å². The summed E-state index contributed by atoms with van der Waals surface area (Å²) in [7, 11) is 0. The second-order valence-electron chi connectivity index (χ2n) is 11.5. The van der Waals surface area contributed by atoms with E-state index in [-0.39, 0.29) is 11.9 Å². The molecule has 0 radical (unpaired) electrons. The van der Waals surface area contributed by atoms with Crippen molar-refractivity contribution in [2.45, 2.75) is 63.3 Å². The van der Waals surface area contributed by atoms with Crippen molar-refractivity contribution < 1.29 is 14.3 Å². The van der Waals surface area contributed by atoms with Crippen LogP contribution in [-0.4, -0.2) is 85.1 Å². The molecule has 9 heteroatoms. The van der Waals surface area contributed by atoms with E-state index in [2.05, 4.69) is 28.4 Å². The molecule has 0 aliphatic carbocycles. The maximum Gasteiger partial charge on any atom is 0.318 e. The van der Waals surface area contributed by atoms with Crippen molar-refractivity contribution in [2.24, 2.45) is 0 Å². The van der Waals surface area contributed by atoms with Crippen LogP contribution in [0.3, 0.4) is 0 Å². The normalized spacial score (nSPS) is 19.3. The smallest absolute Gasteiger partial charge is 0.318 e. The van der Waals surface area contributed by atoms with Crippen LogP contribution in [-0.2, 0) is 11.2 Å². The van der Waals surface area contributed by atoms with Gasteiger partial charge in [-0.3, -0.25) is 9.69 Å². The van der Waals surface area contributed by atoms with Gasteiger partial charge in [-0.05, 0) is 86.9 Å². The molecule has 2 aromatic rings. The lowest BCUT2D eigenvalue weighted by Gasteiger charge is -2.35. The number of urea groups is 1. The quantitative estimate of drug-likeness (QED) is 0.384. The fraction of sp³-hybridized carbons (Fsp3) is 0.562. The van der Waals surface area contributed by atoms with Gasteiger partial charge in [-0.15, -0.1) is 0 Å². The molecule has 0 aromatic heterocycles. The molecular formula is C32H42Cl2N4O3. The number of piperidine rings is 2. The number of nitrogens with zero attached hydrogens (tertiary/aromatic N) is 3. The van der Waals surface area contributed by atoms with E-state index in [9.17, 15) is 9.59 Å². The first-order valence-electron chi connectivity index (χ1n) is 15.2. The van der Waals surface area contributed by atoms with Crippen LogP contribution in [0.4, 0.5) is 4.79 Å². The van der Waals surface area contributed by atoms with Crippen molar-refractivity contribution in [3.8, 4) is 5.75 Å². The van der Waals surface area contributed by atoms with E-state index in [4.69, 9.17) is 27.9 Å². The molecule has 222 valence electrons. The fourth-order valence-corrected chi connectivity index (χ4v) is 6.80. The third-order valence-corrected chi connectivity index (χ3v) is 9.29. The molecular weight excluding hydrogens is 559 g/mol. The summed E-state index contributed by atoms with van der Waals surface area (Å²) < 4.78 is 6.29. The maximum absolute atomic E-state index is 13.8. The number of carbonyl (C=O) groups excluding carboxylic acids is 2. The Morgan fingerprint density at radius 2 is 1.59 bits per heavy atom. The average Bonchev–Trinajstić information content (AvgIpc) is 3.54. The molecule has 1 N–H and O–H groups in total. The van der Waals surface area contributed by atoms with Crippen LogP contribution >= 0.6 is 23.2 Å². The van der Waals surface area contributed by atoms with Gasteiger partial charge in [0, 0.05) is 49.2 Å². The van der Waals surface area contributed by atoms with Crippen molar-refractivity contribution in [2.75, 3.05) is 52.4 Å². The highest BCUT2D eigenvalue weighted by atomic mass is 35.5. The van der Waals surface area contributed by atoms with Crippen molar-refractivity contribution in [3.63, 3.8) is 0 Å². The van der Waals surface area contributed by atoms with Gasteiger partial charge in [0.25, 0.3) is 0 Å². The van der Waals surface area contributed by atoms with Crippen molar-refractivity contribution in [1.29, 1.82) is 0 Å². The molecule has 7 nitrogen and oxygen atoms in total. The summed E-state index contributed by atoms with van der Waals surface area (Å²) in [4.78, 5) is 33.0. The summed E-state index contributed by atoms with van der Waals surface area (Å²) in [6.07, 6.45) is 7.91. The van der Waals surface area contributed by atoms with E-state index in [0.29, 0.717) is 42.1 Å². The second-order valence-corrected chi connectivity index (χ2v) is 12.4. The molecule has 3 fully saturated rings. The minimum Gasteiger partial charge on any atom is -0.492 e. The van der Waals surface area contributed by atoms with Gasteiger partial charge < -0.3 is 19.9 Å². The number of likely N-dealkylation sites (tertiary alicyclic amines) is 3. The molecule has 0 bridgehead atoms. The molecule has 0 unspecified atom stereocenters. The molecule has 3 saturated heterocycles. The fourth-order valence-electron chi connectivity index (χ4n) is 6.32. The number of hydrogen-bond acceptors (Lipinski definition) is 4. The van der Waals surface area contributed by atoms with Crippen molar-refractivity contribution in [1.82, 2.24) is 20.0 Å². The Bertz CT molecular complexity index is 1180. The summed E-state index contributed by atoms with van der Waals surface area (Å²) in [5.74, 6) is 1.23. The zero-order valence-corrected chi connectivity index (χ0v) is 25.3. The lowest BCUT2D eigenvalue weighted by Crippen LogP contribution is -2.54. The third-order valence-electron chi connectivity index (χ3n) is 8.71. The van der Waals surface area contributed by atoms with Gasteiger partial charge in [-0.25, -0.2) is 4.79 Å². The Kier molecular flexibility index (Phi) is 10.7. The Morgan fingerprint density at radius 3 is 2.32 bits per heavy atom. The summed E-state index contributed by atoms with van der Waals surface area (Å²) in [6.45, 7) is 6.71. The molecule has 3 aliphatic rings. The number of para-hydroxylation sites is 1. The van der Waals surface area contributed by atoms with Gasteiger partial charge in [0.2, 0.25) is 5.91 Å². The standard InChI is InChI=1S/C32H42Cl2N4O3/c33-26-11-10-25(28(34)23-26)22-29(35-32(40)38-16-6-7-17-38)31(39)37-18-12-24(13-19-37)27-8-2-3-9-30(27)41-21-20-36-14-4-1-5-15-36/h2-3,8-11,23-24,29H,1,4-7,12-22H2,(H,35,40)/t29-/m1/s1. The van der Waals surface area contributed by atoms with E-state index >= 15 is 0 Å². The molecule has 3 heterocycles. The Labute approximate surface area is 254 Å². The largest absolute Gasteiger partial charge is 0.492 e. The predicted molar refractivity (Wildman–Crippen MR) is 164 cm³/mol. The topological polar surface area (TPSA) is 65.1 Å². The Hall–Kier alpha value is -2.48. The van der Waals surface area contributed by atoms with Crippen LogP contribution in [0, 0.1) is 0 Å². The molecule has 3 amide bonds. The number of ether oxygens (including phenoxy) is 1. The van der Waals surface area contributed by atoms with E-state index in [1.165, 1.54) is 37.9 Å². The first kappa shape index (κ1) is 30.0. The van der Waals surface area contributed by atoms with Gasteiger partial charge in [-0.2, -0.15) is 0 Å². The minimum atomic E-state index is -0.691. The molecule has 0 spiro atoms. The van der Waals surface area contributed by atoms with Gasteiger partial charge in [-0.1, -0.05) is 53.9 Å². The highest BCUT2D eigenvalue weighted by molar-refractivity contribution is 6.35. The first-order valence-corrected chi connectivity index (χ1v) is 16.0. The number of rotatable bonds is 9. The van der Waals surface area contributed by atoms with E-state index in [1.807, 2.05) is 17.0 Å². The highest BCUT2D eigenvalue weighted by Crippen LogP contribution is 2.34. The lowest BCUT2D eigenvalue weighted by molar-refractivity contribution is -0.134. The Balaban J connectivity index is 1.20. The van der Waals surface area contributed by atoms with Crippen LogP contribution in [0.5, 0.6) is 5.75 Å². The van der Waals surface area contributed by atoms with Crippen molar-refractivity contribution >= 4 is 35.1 Å². The van der Waals surface area contributed by atoms with Gasteiger partial charge in [0.15, 0.2) is 0 Å². The van der Waals surface area contributed by atoms with Gasteiger partial charge in [0.1, 0.15) is 18.4 Å². The average molecular weight is 602 g/mol. The van der Waals surface area contributed by atoms with Crippen molar-refractivity contribution in [3.05, 3.63) is 63.6 Å². The third kappa shape index (κ3) is 8.08. The summed E-state index contributed by atoms with van der Waals surface area (Å²) in [5.41, 5.74) is 2.02. The number of amides is 3. The SMILES string of the molecule is O=C(N[C@H](Cc1ccc(Cl)cc1Cl)C(=O)N1CCC(c2ccccc2OCCN2CCCCC2)CC1)N1CCCC1. The first-order chi connectivity index (χ1) is 20.0. The van der Waals surface area contributed by atoms with E-state index < -0.39 is 6.04 Å². The molecule has 2 aromatic carbocycles. The predicted octanol–water partition coefficient (Wildman–Crippen LogP) is 5.98. The molecule has 0 saturated carbocycles. The molecule has 1 atom stereocenters. The molecule has 5 rings (SSSR count). The van der Waals surface area contributed by atoms with Crippen LogP contribution < -0.4 is 10.1 Å². The van der Waals surface area contributed by atoms with Gasteiger partial charge in [0.05, 0.1) is 0 Å². The monoisotopic (exact) mass is 600 g/mol. The van der Waals surface area contributed by atoms with E-state index in [1.54, 1.807) is 17.0 Å². The van der Waals surface area contributed by atoms with Crippen LogP contribution in [0.2, 0.25) is 10.0 Å². The zero-order valence-electron chi connectivity index (χ0n) is 23.8. The van der Waals surface area contributed by atoms with Crippen LogP contribution in [0.25, 0.3) is 0 Å². The summed E-state index contributed by atoms with van der Waals surface area (Å²) in [5, 5.41) is 4.07. The maximum atomic E-state index is 13.8. The Morgan fingerprint density at radius 1 is 0.878 bits per heavy atom. The van der Waals surface area contributed by atoms with Crippen LogP contribution in [0.1, 0.15) is 62.0 Å². The molecule has 41 heavy (non-hydrogen) atoms. The number of nitrogens with one attached hydrogen (secondary N) is 1. The number of hydrogen-bond donors (Lipinski definition) is 1. The zero-order chi connectivity index (χ0) is 28.6. The molecule has 3 aliphatic heterocycles. The van der Waals surface area contributed by atoms with Gasteiger partial charge >= 0.3 is 6.03 Å². The summed E-state index contributed by atoms with van der Waals surface area (Å²) in [6, 6.07) is 12.8. The summed E-state index contributed by atoms with van der Waals surface area (Å²) >= 11 is 12.6.